The molecule has 0 fully saturated rings. The SMILES string of the molecule is Cc1nc(-c2ccccc2C(F)(F)F)ccc1B(O)O. The van der Waals surface area contributed by atoms with E-state index in [-0.39, 0.29) is 22.4 Å². The third-order valence-corrected chi connectivity index (χ3v) is 2.91. The molecule has 0 amide bonds. The van der Waals surface area contributed by atoms with Crippen molar-refractivity contribution in [2.24, 2.45) is 0 Å². The fraction of sp³-hybridized carbons (Fsp3) is 0.154. The summed E-state index contributed by atoms with van der Waals surface area (Å²) in [5, 5.41) is 18.2. The van der Waals surface area contributed by atoms with Crippen LogP contribution in [0.1, 0.15) is 11.3 Å². The number of aryl methyl sites for hydroxylation is 1. The van der Waals surface area contributed by atoms with E-state index >= 15 is 0 Å². The highest BCUT2D eigenvalue weighted by Gasteiger charge is 2.33. The fourth-order valence-electron chi connectivity index (χ4n) is 1.95. The first-order valence-corrected chi connectivity index (χ1v) is 5.81. The van der Waals surface area contributed by atoms with E-state index in [9.17, 15) is 13.2 Å². The largest absolute Gasteiger partial charge is 0.490 e. The van der Waals surface area contributed by atoms with Gasteiger partial charge >= 0.3 is 13.3 Å². The zero-order chi connectivity index (χ0) is 14.9. The van der Waals surface area contributed by atoms with Crippen LogP contribution in [0.25, 0.3) is 11.3 Å². The first kappa shape index (κ1) is 14.6. The van der Waals surface area contributed by atoms with E-state index in [4.69, 9.17) is 10.0 Å². The quantitative estimate of drug-likeness (QED) is 0.825. The lowest BCUT2D eigenvalue weighted by Gasteiger charge is -2.13. The van der Waals surface area contributed by atoms with Crippen LogP contribution in [0.3, 0.4) is 0 Å². The first-order valence-electron chi connectivity index (χ1n) is 5.81. The maximum Gasteiger partial charge on any atom is 0.490 e. The standard InChI is InChI=1S/C13H11BF3NO2/c1-8-11(14(19)20)6-7-12(18-8)9-4-2-3-5-10(9)13(15,16)17/h2-7,19-20H,1H3. The lowest BCUT2D eigenvalue weighted by Crippen LogP contribution is -2.32. The molecule has 0 aliphatic carbocycles. The second-order valence-electron chi connectivity index (χ2n) is 4.29. The van der Waals surface area contributed by atoms with Crippen molar-refractivity contribution in [3.8, 4) is 11.3 Å². The zero-order valence-corrected chi connectivity index (χ0v) is 10.5. The Morgan fingerprint density at radius 2 is 1.70 bits per heavy atom. The van der Waals surface area contributed by atoms with Crippen molar-refractivity contribution in [2.45, 2.75) is 13.1 Å². The number of benzene rings is 1. The predicted octanol–water partition coefficient (Wildman–Crippen LogP) is 1.76. The van der Waals surface area contributed by atoms with Gasteiger partial charge in [-0.05, 0) is 19.1 Å². The van der Waals surface area contributed by atoms with E-state index < -0.39 is 18.9 Å². The second kappa shape index (κ2) is 5.26. The second-order valence-corrected chi connectivity index (χ2v) is 4.29. The lowest BCUT2D eigenvalue weighted by atomic mass is 9.79. The van der Waals surface area contributed by atoms with E-state index in [1.165, 1.54) is 37.3 Å². The molecule has 0 aliphatic rings. The molecule has 0 spiro atoms. The van der Waals surface area contributed by atoms with Crippen molar-refractivity contribution in [3.63, 3.8) is 0 Å². The van der Waals surface area contributed by atoms with Crippen molar-refractivity contribution in [1.29, 1.82) is 0 Å². The molecule has 1 heterocycles. The Bertz CT molecular complexity index is 629. The molecule has 104 valence electrons. The number of aromatic nitrogens is 1. The van der Waals surface area contributed by atoms with Crippen LogP contribution in [0.2, 0.25) is 0 Å². The van der Waals surface area contributed by atoms with Crippen LogP contribution >= 0.6 is 0 Å². The topological polar surface area (TPSA) is 53.4 Å². The number of hydrogen-bond acceptors (Lipinski definition) is 3. The monoisotopic (exact) mass is 281 g/mol. The van der Waals surface area contributed by atoms with Gasteiger partial charge in [0.05, 0.1) is 11.3 Å². The van der Waals surface area contributed by atoms with Gasteiger partial charge in [-0.25, -0.2) is 0 Å². The fourth-order valence-corrected chi connectivity index (χ4v) is 1.95. The summed E-state index contributed by atoms with van der Waals surface area (Å²) in [5.41, 5.74) is -0.237. The molecule has 7 heteroatoms. The van der Waals surface area contributed by atoms with E-state index in [1.807, 2.05) is 0 Å². The number of alkyl halides is 3. The Hall–Kier alpha value is -1.86. The summed E-state index contributed by atoms with van der Waals surface area (Å²) in [6, 6.07) is 7.82. The summed E-state index contributed by atoms with van der Waals surface area (Å²) in [4.78, 5) is 4.02. The van der Waals surface area contributed by atoms with Crippen molar-refractivity contribution in [2.75, 3.05) is 0 Å². The minimum absolute atomic E-state index is 0.0397. The van der Waals surface area contributed by atoms with Gasteiger partial charge < -0.3 is 10.0 Å². The number of halogens is 3. The smallest absolute Gasteiger partial charge is 0.423 e. The minimum atomic E-state index is -4.47. The number of rotatable bonds is 2. The molecule has 1 aromatic carbocycles. The average molecular weight is 281 g/mol. The van der Waals surface area contributed by atoms with Crippen molar-refractivity contribution < 1.29 is 23.2 Å². The summed E-state index contributed by atoms with van der Waals surface area (Å²) in [6.07, 6.45) is -4.47. The van der Waals surface area contributed by atoms with Gasteiger partial charge in [0.25, 0.3) is 0 Å². The molecule has 1 aromatic heterocycles. The summed E-state index contributed by atoms with van der Waals surface area (Å²) in [6.45, 7) is 1.51. The Morgan fingerprint density at radius 3 is 2.25 bits per heavy atom. The summed E-state index contributed by atoms with van der Waals surface area (Å²) in [5.74, 6) is 0. The van der Waals surface area contributed by atoms with Crippen molar-refractivity contribution >= 4 is 12.6 Å². The van der Waals surface area contributed by atoms with Crippen LogP contribution < -0.4 is 5.46 Å². The van der Waals surface area contributed by atoms with Gasteiger partial charge in [0.15, 0.2) is 0 Å². The van der Waals surface area contributed by atoms with Gasteiger partial charge in [0.1, 0.15) is 0 Å². The van der Waals surface area contributed by atoms with Gasteiger partial charge in [0.2, 0.25) is 0 Å². The van der Waals surface area contributed by atoms with E-state index in [0.29, 0.717) is 0 Å². The van der Waals surface area contributed by atoms with E-state index in [0.717, 1.165) is 6.07 Å². The van der Waals surface area contributed by atoms with Gasteiger partial charge in [-0.3, -0.25) is 4.98 Å². The summed E-state index contributed by atoms with van der Waals surface area (Å²) in [7, 11) is -1.70. The molecule has 0 radical (unpaired) electrons. The third-order valence-electron chi connectivity index (χ3n) is 2.91. The molecular formula is C13H11BF3NO2. The van der Waals surface area contributed by atoms with Gasteiger partial charge in [0, 0.05) is 16.7 Å². The number of pyridine rings is 1. The van der Waals surface area contributed by atoms with Crippen LogP contribution in [0.4, 0.5) is 13.2 Å². The highest BCUT2D eigenvalue weighted by atomic mass is 19.4. The third kappa shape index (κ3) is 2.83. The molecule has 0 saturated heterocycles. The van der Waals surface area contributed by atoms with Gasteiger partial charge in [-0.1, -0.05) is 24.3 Å². The van der Waals surface area contributed by atoms with Crippen molar-refractivity contribution in [1.82, 2.24) is 4.98 Å². The maximum absolute atomic E-state index is 12.9. The Balaban J connectivity index is 2.56. The van der Waals surface area contributed by atoms with Crippen LogP contribution in [-0.4, -0.2) is 22.2 Å². The average Bonchev–Trinajstić information content (AvgIpc) is 2.37. The summed E-state index contributed by atoms with van der Waals surface area (Å²) >= 11 is 0. The molecule has 0 atom stereocenters. The Morgan fingerprint density at radius 1 is 1.05 bits per heavy atom. The van der Waals surface area contributed by atoms with Gasteiger partial charge in [-0.2, -0.15) is 13.2 Å². The molecule has 2 N–H and O–H groups in total. The maximum atomic E-state index is 12.9. The molecule has 20 heavy (non-hydrogen) atoms. The predicted molar refractivity (Wildman–Crippen MR) is 69.2 cm³/mol. The van der Waals surface area contributed by atoms with Crippen LogP contribution in [0.15, 0.2) is 36.4 Å². The zero-order valence-electron chi connectivity index (χ0n) is 10.5. The van der Waals surface area contributed by atoms with Crippen LogP contribution in [0.5, 0.6) is 0 Å². The number of hydrogen-bond donors (Lipinski definition) is 2. The molecule has 2 rings (SSSR count). The van der Waals surface area contributed by atoms with Crippen LogP contribution in [-0.2, 0) is 6.18 Å². The Kier molecular flexibility index (Phi) is 3.83. The molecule has 2 aromatic rings. The van der Waals surface area contributed by atoms with Crippen LogP contribution in [0, 0.1) is 6.92 Å². The van der Waals surface area contributed by atoms with Gasteiger partial charge in [-0.15, -0.1) is 0 Å². The summed E-state index contributed by atoms with van der Waals surface area (Å²) < 4.78 is 38.8. The Labute approximate surface area is 113 Å². The molecule has 0 saturated carbocycles. The van der Waals surface area contributed by atoms with E-state index in [1.54, 1.807) is 0 Å². The minimum Gasteiger partial charge on any atom is -0.423 e. The molecule has 0 unspecified atom stereocenters. The van der Waals surface area contributed by atoms with E-state index in [2.05, 4.69) is 4.98 Å². The highest BCUT2D eigenvalue weighted by Crippen LogP contribution is 2.36. The molecular weight excluding hydrogens is 270 g/mol. The lowest BCUT2D eigenvalue weighted by molar-refractivity contribution is -0.137. The first-order chi connectivity index (χ1) is 9.30. The number of nitrogens with zero attached hydrogens (tertiary/aromatic N) is 1. The van der Waals surface area contributed by atoms with Crippen molar-refractivity contribution in [3.05, 3.63) is 47.7 Å². The highest BCUT2D eigenvalue weighted by molar-refractivity contribution is 6.59. The molecule has 0 aliphatic heterocycles. The molecule has 3 nitrogen and oxygen atoms in total. The normalized spacial score (nSPS) is 11.5. The molecule has 0 bridgehead atoms.